The first-order valence-electron chi connectivity index (χ1n) is 8.24. The largest absolute Gasteiger partial charge is 0.463 e. The van der Waals surface area contributed by atoms with Crippen molar-refractivity contribution < 1.29 is 19.2 Å². The van der Waals surface area contributed by atoms with Crippen LogP contribution in [0.15, 0.2) is 46.1 Å². The fourth-order valence-corrected chi connectivity index (χ4v) is 3.63. The van der Waals surface area contributed by atoms with Gasteiger partial charge in [-0.3, -0.25) is 14.9 Å². The number of dihydropyridines is 1. The lowest BCUT2D eigenvalue weighted by molar-refractivity contribution is -0.384. The molecule has 0 bridgehead atoms. The summed E-state index contributed by atoms with van der Waals surface area (Å²) in [6, 6.07) is 7.78. The molecule has 9 nitrogen and oxygen atoms in total. The van der Waals surface area contributed by atoms with E-state index in [2.05, 4.69) is 11.4 Å². The third kappa shape index (κ3) is 4.50. The molecule has 1 aromatic carbocycles. The number of carbonyl (C=O) groups is 2. The molecule has 2 rings (SSSR count). The van der Waals surface area contributed by atoms with Crippen LogP contribution in [0.2, 0.25) is 0 Å². The molecule has 0 saturated heterocycles. The van der Waals surface area contributed by atoms with Gasteiger partial charge in [0.25, 0.3) is 5.69 Å². The number of hydrogen-bond acceptors (Lipinski definition) is 8. The zero-order chi connectivity index (χ0) is 20.8. The molecule has 1 aromatic rings. The van der Waals surface area contributed by atoms with Crippen LogP contribution < -0.4 is 11.1 Å². The van der Waals surface area contributed by atoms with Gasteiger partial charge in [-0.05, 0) is 19.4 Å². The van der Waals surface area contributed by atoms with E-state index in [0.717, 1.165) is 11.8 Å². The smallest absolute Gasteiger partial charge is 0.336 e. The Morgan fingerprint density at radius 2 is 2.18 bits per heavy atom. The highest BCUT2D eigenvalue weighted by atomic mass is 32.2. The Morgan fingerprint density at radius 1 is 1.46 bits per heavy atom. The predicted molar refractivity (Wildman–Crippen MR) is 103 cm³/mol. The van der Waals surface area contributed by atoms with Crippen LogP contribution >= 0.6 is 11.8 Å². The van der Waals surface area contributed by atoms with Gasteiger partial charge in [0, 0.05) is 17.8 Å². The van der Waals surface area contributed by atoms with E-state index < -0.39 is 22.7 Å². The van der Waals surface area contributed by atoms with Gasteiger partial charge in [0.05, 0.1) is 45.4 Å². The number of nitrogens with zero attached hydrogens (tertiary/aromatic N) is 2. The second-order valence-electron chi connectivity index (χ2n) is 5.78. The van der Waals surface area contributed by atoms with E-state index in [-0.39, 0.29) is 29.2 Å². The molecule has 10 heteroatoms. The van der Waals surface area contributed by atoms with E-state index in [1.165, 1.54) is 18.2 Å². The summed E-state index contributed by atoms with van der Waals surface area (Å²) in [5.74, 6) is -2.14. The van der Waals surface area contributed by atoms with E-state index in [1.54, 1.807) is 19.9 Å². The summed E-state index contributed by atoms with van der Waals surface area (Å²) in [4.78, 5) is 34.3. The van der Waals surface area contributed by atoms with Crippen LogP contribution in [0.5, 0.6) is 0 Å². The minimum Gasteiger partial charge on any atom is -0.463 e. The Hall–Kier alpha value is -3.32. The molecular formula is C18H18N4O5S. The number of ether oxygens (including phenoxy) is 1. The summed E-state index contributed by atoms with van der Waals surface area (Å²) in [6.07, 6.45) is 0. The van der Waals surface area contributed by atoms with Gasteiger partial charge in [-0.2, -0.15) is 5.26 Å². The predicted octanol–water partition coefficient (Wildman–Crippen LogP) is 2.07. The number of carbonyl (C=O) groups excluding carboxylic acids is 2. The van der Waals surface area contributed by atoms with Gasteiger partial charge in [-0.1, -0.05) is 23.9 Å². The maximum Gasteiger partial charge on any atom is 0.336 e. The molecule has 146 valence electrons. The molecule has 3 N–H and O–H groups in total. The number of hydrogen-bond donors (Lipinski definition) is 2. The van der Waals surface area contributed by atoms with Gasteiger partial charge in [0.1, 0.15) is 0 Å². The lowest BCUT2D eigenvalue weighted by Gasteiger charge is -2.29. The Kier molecular flexibility index (Phi) is 6.79. The van der Waals surface area contributed by atoms with Crippen LogP contribution in [-0.4, -0.2) is 29.2 Å². The molecule has 0 aliphatic carbocycles. The standard InChI is InChI=1S/C18H18N4O5S/c1-3-27-18(24)15-10(2)21-17(28-9-14(20)23)13(8-19)16(15)11-5-4-6-12(7-11)22(25)26/h4-7,16,21H,3,9H2,1-2H3,(H2,20,23). The fraction of sp³-hybridized carbons (Fsp3) is 0.278. The van der Waals surface area contributed by atoms with Crippen molar-refractivity contribution in [1.29, 1.82) is 5.26 Å². The quantitative estimate of drug-likeness (QED) is 0.400. The SMILES string of the molecule is CCOC(=O)C1=C(C)NC(SCC(N)=O)=C(C#N)C1c1cccc([N+](=O)[O-])c1. The molecular weight excluding hydrogens is 384 g/mol. The first-order chi connectivity index (χ1) is 13.3. The molecule has 28 heavy (non-hydrogen) atoms. The normalized spacial score (nSPS) is 16.2. The number of thioether (sulfide) groups is 1. The number of nitriles is 1. The highest BCUT2D eigenvalue weighted by molar-refractivity contribution is 8.03. The van der Waals surface area contributed by atoms with Gasteiger partial charge in [0.2, 0.25) is 5.91 Å². The molecule has 0 spiro atoms. The van der Waals surface area contributed by atoms with Crippen molar-refractivity contribution in [3.8, 4) is 6.07 Å². The molecule has 1 amide bonds. The van der Waals surface area contributed by atoms with Crippen molar-refractivity contribution in [3.63, 3.8) is 0 Å². The van der Waals surface area contributed by atoms with Crippen LogP contribution in [0.1, 0.15) is 25.3 Å². The summed E-state index contributed by atoms with van der Waals surface area (Å²) >= 11 is 1.03. The fourth-order valence-electron chi connectivity index (χ4n) is 2.80. The number of primary amides is 1. The number of nitrogens with two attached hydrogens (primary N) is 1. The third-order valence-corrected chi connectivity index (χ3v) is 4.96. The highest BCUT2D eigenvalue weighted by Gasteiger charge is 2.36. The molecule has 1 atom stereocenters. The summed E-state index contributed by atoms with van der Waals surface area (Å²) in [5.41, 5.74) is 6.19. The molecule has 0 saturated carbocycles. The van der Waals surface area contributed by atoms with E-state index in [4.69, 9.17) is 10.5 Å². The van der Waals surface area contributed by atoms with Crippen LogP contribution in [-0.2, 0) is 14.3 Å². The highest BCUT2D eigenvalue weighted by Crippen LogP contribution is 2.41. The van der Waals surface area contributed by atoms with Crippen molar-refractivity contribution in [1.82, 2.24) is 5.32 Å². The lowest BCUT2D eigenvalue weighted by atomic mass is 9.82. The average molecular weight is 402 g/mol. The van der Waals surface area contributed by atoms with Crippen LogP contribution in [0.3, 0.4) is 0 Å². The summed E-state index contributed by atoms with van der Waals surface area (Å²) in [5, 5.41) is 24.3. The topological polar surface area (TPSA) is 148 Å². The number of nitrogens with one attached hydrogen (secondary N) is 1. The van der Waals surface area contributed by atoms with Crippen LogP contribution in [0, 0.1) is 21.4 Å². The van der Waals surface area contributed by atoms with Crippen molar-refractivity contribution in [2.45, 2.75) is 19.8 Å². The number of esters is 1. The number of benzene rings is 1. The summed E-state index contributed by atoms with van der Waals surface area (Å²) in [7, 11) is 0. The number of nitro groups is 1. The van der Waals surface area contributed by atoms with Gasteiger partial charge >= 0.3 is 5.97 Å². The summed E-state index contributed by atoms with van der Waals surface area (Å²) in [6.45, 7) is 3.42. The Bertz CT molecular complexity index is 932. The van der Waals surface area contributed by atoms with Crippen molar-refractivity contribution in [2.75, 3.05) is 12.4 Å². The molecule has 1 unspecified atom stereocenters. The average Bonchev–Trinajstić information content (AvgIpc) is 2.65. The molecule has 0 aromatic heterocycles. The Morgan fingerprint density at radius 3 is 2.75 bits per heavy atom. The second-order valence-corrected chi connectivity index (χ2v) is 6.76. The number of rotatable bonds is 7. The van der Waals surface area contributed by atoms with Crippen molar-refractivity contribution in [3.05, 3.63) is 61.8 Å². The number of non-ortho nitro benzene ring substituents is 1. The second kappa shape index (κ2) is 9.05. The van der Waals surface area contributed by atoms with Gasteiger partial charge in [0.15, 0.2) is 0 Å². The minimum atomic E-state index is -0.874. The monoisotopic (exact) mass is 402 g/mol. The van der Waals surface area contributed by atoms with E-state index in [9.17, 15) is 25.0 Å². The van der Waals surface area contributed by atoms with Gasteiger partial charge < -0.3 is 15.8 Å². The molecule has 1 aliphatic heterocycles. The molecule has 0 fully saturated rings. The third-order valence-electron chi connectivity index (χ3n) is 3.92. The Labute approximate surface area is 165 Å². The van der Waals surface area contributed by atoms with Gasteiger partial charge in [-0.25, -0.2) is 4.79 Å². The minimum absolute atomic E-state index is 0.0722. The first kappa shape index (κ1) is 21.0. The number of amides is 1. The summed E-state index contributed by atoms with van der Waals surface area (Å²) < 4.78 is 5.12. The number of allylic oxidation sites excluding steroid dienone is 2. The number of nitro benzene ring substituents is 1. The van der Waals surface area contributed by atoms with Crippen molar-refractivity contribution in [2.24, 2.45) is 5.73 Å². The first-order valence-corrected chi connectivity index (χ1v) is 9.23. The Balaban J connectivity index is 2.65. The molecule has 1 heterocycles. The maximum absolute atomic E-state index is 12.6. The zero-order valence-electron chi connectivity index (χ0n) is 15.2. The molecule has 1 aliphatic rings. The van der Waals surface area contributed by atoms with E-state index >= 15 is 0 Å². The van der Waals surface area contributed by atoms with E-state index in [1.807, 2.05) is 0 Å². The van der Waals surface area contributed by atoms with Crippen LogP contribution in [0.4, 0.5) is 5.69 Å². The van der Waals surface area contributed by atoms with Crippen molar-refractivity contribution >= 4 is 29.3 Å². The zero-order valence-corrected chi connectivity index (χ0v) is 16.0. The lowest BCUT2D eigenvalue weighted by Crippen LogP contribution is -2.29. The molecule has 0 radical (unpaired) electrons. The van der Waals surface area contributed by atoms with Crippen LogP contribution in [0.25, 0.3) is 0 Å². The van der Waals surface area contributed by atoms with E-state index in [0.29, 0.717) is 16.3 Å². The maximum atomic E-state index is 12.6. The van der Waals surface area contributed by atoms with Gasteiger partial charge in [-0.15, -0.1) is 0 Å².